The van der Waals surface area contributed by atoms with E-state index in [4.69, 9.17) is 0 Å². The van der Waals surface area contributed by atoms with Crippen molar-refractivity contribution in [3.63, 3.8) is 0 Å². The molecule has 1 aliphatic heterocycles. The van der Waals surface area contributed by atoms with Crippen LogP contribution in [0.25, 0.3) is 0 Å². The Hall–Kier alpha value is -2.97. The Morgan fingerprint density at radius 3 is 2.92 bits per heavy atom. The summed E-state index contributed by atoms with van der Waals surface area (Å²) in [6.45, 7) is 0.662. The van der Waals surface area contributed by atoms with E-state index in [9.17, 15) is 14.4 Å². The maximum Gasteiger partial charge on any atom is 0.272 e. The van der Waals surface area contributed by atoms with Gasteiger partial charge in [-0.3, -0.25) is 19.1 Å². The van der Waals surface area contributed by atoms with Crippen molar-refractivity contribution >= 4 is 11.8 Å². The Labute approximate surface area is 137 Å². The van der Waals surface area contributed by atoms with Crippen LogP contribution in [0.5, 0.6) is 0 Å². The fraction of sp³-hybridized carbons (Fsp3) is 0.400. The number of likely N-dealkylation sites (tertiary alicyclic amines) is 1. The van der Waals surface area contributed by atoms with Crippen LogP contribution in [0.15, 0.2) is 35.6 Å². The molecule has 0 saturated carbocycles. The van der Waals surface area contributed by atoms with E-state index in [0.29, 0.717) is 19.4 Å². The number of hydrogen-bond acceptors (Lipinski definition) is 5. The number of H-pyrrole nitrogens is 1. The molecule has 2 amide bonds. The summed E-state index contributed by atoms with van der Waals surface area (Å²) >= 11 is 0. The van der Waals surface area contributed by atoms with Gasteiger partial charge in [-0.05, 0) is 18.9 Å². The number of aromatic amines is 1. The van der Waals surface area contributed by atoms with E-state index in [1.807, 2.05) is 0 Å². The molecule has 9 nitrogen and oxygen atoms in total. The fourth-order valence-electron chi connectivity index (χ4n) is 3.09. The first-order chi connectivity index (χ1) is 11.6. The molecule has 2 N–H and O–H groups in total. The third-order valence-corrected chi connectivity index (χ3v) is 4.25. The number of piperidine rings is 1. The van der Waals surface area contributed by atoms with E-state index in [0.717, 1.165) is 6.07 Å². The maximum absolute atomic E-state index is 12.7. The van der Waals surface area contributed by atoms with Crippen molar-refractivity contribution in [1.82, 2.24) is 30.0 Å². The maximum atomic E-state index is 12.7. The number of amides is 2. The molecule has 24 heavy (non-hydrogen) atoms. The molecule has 1 unspecified atom stereocenters. The lowest BCUT2D eigenvalue weighted by atomic mass is 9.87. The van der Waals surface area contributed by atoms with Gasteiger partial charge in [0, 0.05) is 32.1 Å². The zero-order valence-corrected chi connectivity index (χ0v) is 13.2. The predicted octanol–water partition coefficient (Wildman–Crippen LogP) is -0.656. The van der Waals surface area contributed by atoms with Gasteiger partial charge in [-0.25, -0.2) is 4.98 Å². The Balaban J connectivity index is 1.93. The lowest BCUT2D eigenvalue weighted by Gasteiger charge is -2.41. The van der Waals surface area contributed by atoms with Gasteiger partial charge in [0.15, 0.2) is 5.54 Å². The highest BCUT2D eigenvalue weighted by molar-refractivity contribution is 5.93. The van der Waals surface area contributed by atoms with Gasteiger partial charge in [-0.1, -0.05) is 0 Å². The number of rotatable bonds is 3. The minimum absolute atomic E-state index is 0.0620. The topological polar surface area (TPSA) is 113 Å². The Bertz CT molecular complexity index is 800. The zero-order valence-electron chi connectivity index (χ0n) is 13.2. The van der Waals surface area contributed by atoms with Crippen molar-refractivity contribution in [3.8, 4) is 0 Å². The van der Waals surface area contributed by atoms with Gasteiger partial charge >= 0.3 is 0 Å². The minimum Gasteiger partial charge on any atom is -0.357 e. The second-order valence-electron chi connectivity index (χ2n) is 5.69. The summed E-state index contributed by atoms with van der Waals surface area (Å²) < 4.78 is 1.59. The largest absolute Gasteiger partial charge is 0.357 e. The Morgan fingerprint density at radius 1 is 1.42 bits per heavy atom. The summed E-state index contributed by atoms with van der Waals surface area (Å²) in [5, 5.41) is 6.87. The van der Waals surface area contributed by atoms with E-state index in [2.05, 4.69) is 20.4 Å². The first-order valence-corrected chi connectivity index (χ1v) is 7.63. The predicted molar refractivity (Wildman–Crippen MR) is 84.3 cm³/mol. The smallest absolute Gasteiger partial charge is 0.272 e. The van der Waals surface area contributed by atoms with Gasteiger partial charge < -0.3 is 15.2 Å². The van der Waals surface area contributed by atoms with Crippen LogP contribution < -0.4 is 10.9 Å². The molecule has 1 saturated heterocycles. The summed E-state index contributed by atoms with van der Waals surface area (Å²) in [7, 11) is 1.56. The van der Waals surface area contributed by atoms with Crippen molar-refractivity contribution in [2.75, 3.05) is 20.1 Å². The zero-order chi connectivity index (χ0) is 17.2. The molecule has 1 fully saturated rings. The fourth-order valence-corrected chi connectivity index (χ4v) is 3.09. The SMILES string of the molecule is CNC(=O)C1(n2cccn2)CCCN(C(=O)c2cc(=O)[nH]cn2)C1. The highest BCUT2D eigenvalue weighted by atomic mass is 16.2. The lowest BCUT2D eigenvalue weighted by molar-refractivity contribution is -0.132. The normalized spacial score (nSPS) is 20.6. The lowest BCUT2D eigenvalue weighted by Crippen LogP contribution is -2.59. The van der Waals surface area contributed by atoms with Crippen LogP contribution in [0.3, 0.4) is 0 Å². The quantitative estimate of drug-likeness (QED) is 0.776. The Morgan fingerprint density at radius 2 is 2.25 bits per heavy atom. The summed E-state index contributed by atoms with van der Waals surface area (Å²) in [4.78, 5) is 44.5. The number of likely N-dealkylation sites (N-methyl/N-ethyl adjacent to an activating group) is 1. The van der Waals surface area contributed by atoms with E-state index < -0.39 is 11.1 Å². The standard InChI is InChI=1S/C15H18N6O3/c1-16-14(24)15(21-7-3-5-19-21)4-2-6-20(9-15)13(23)11-8-12(22)18-10-17-11/h3,5,7-8,10H,2,4,6,9H2,1H3,(H,16,24)(H,17,18,22). The Kier molecular flexibility index (Phi) is 4.15. The van der Waals surface area contributed by atoms with Crippen molar-refractivity contribution in [3.05, 3.63) is 46.9 Å². The van der Waals surface area contributed by atoms with Crippen LogP contribution in [0.1, 0.15) is 23.3 Å². The van der Waals surface area contributed by atoms with Crippen molar-refractivity contribution in [1.29, 1.82) is 0 Å². The van der Waals surface area contributed by atoms with Gasteiger partial charge in [0.2, 0.25) is 5.91 Å². The summed E-state index contributed by atoms with van der Waals surface area (Å²) in [6.07, 6.45) is 5.72. The first kappa shape index (κ1) is 15.9. The second-order valence-corrected chi connectivity index (χ2v) is 5.69. The van der Waals surface area contributed by atoms with Gasteiger partial charge in [-0.15, -0.1) is 0 Å². The number of aromatic nitrogens is 4. The van der Waals surface area contributed by atoms with E-state index in [1.54, 1.807) is 35.1 Å². The number of carbonyl (C=O) groups excluding carboxylic acids is 2. The molecule has 2 aromatic rings. The van der Waals surface area contributed by atoms with Crippen LogP contribution in [0.4, 0.5) is 0 Å². The molecule has 3 rings (SSSR count). The van der Waals surface area contributed by atoms with Crippen LogP contribution >= 0.6 is 0 Å². The van der Waals surface area contributed by atoms with Gasteiger partial charge in [0.25, 0.3) is 11.5 Å². The molecule has 126 valence electrons. The summed E-state index contributed by atoms with van der Waals surface area (Å²) in [5.74, 6) is -0.580. The number of hydrogen-bond donors (Lipinski definition) is 2. The van der Waals surface area contributed by atoms with Crippen LogP contribution in [-0.2, 0) is 10.3 Å². The average molecular weight is 330 g/mol. The van der Waals surface area contributed by atoms with Gasteiger partial charge in [-0.2, -0.15) is 5.10 Å². The highest BCUT2D eigenvalue weighted by Crippen LogP contribution is 2.29. The molecule has 0 bridgehead atoms. The molecule has 1 aliphatic rings. The van der Waals surface area contributed by atoms with Crippen molar-refractivity contribution in [2.24, 2.45) is 0 Å². The molecular formula is C15H18N6O3. The monoisotopic (exact) mass is 330 g/mol. The third kappa shape index (κ3) is 2.68. The third-order valence-electron chi connectivity index (χ3n) is 4.25. The molecule has 1 atom stereocenters. The average Bonchev–Trinajstić information content (AvgIpc) is 3.15. The summed E-state index contributed by atoms with van der Waals surface area (Å²) in [6, 6.07) is 2.90. The molecular weight excluding hydrogens is 312 g/mol. The van der Waals surface area contributed by atoms with Gasteiger partial charge in [0.1, 0.15) is 5.69 Å². The van der Waals surface area contributed by atoms with Gasteiger partial charge in [0.05, 0.1) is 12.9 Å². The number of nitrogens with zero attached hydrogens (tertiary/aromatic N) is 4. The molecule has 9 heteroatoms. The first-order valence-electron chi connectivity index (χ1n) is 7.63. The van der Waals surface area contributed by atoms with Crippen LogP contribution in [0, 0.1) is 0 Å². The van der Waals surface area contributed by atoms with Crippen LogP contribution in [-0.4, -0.2) is 56.6 Å². The highest BCUT2D eigenvalue weighted by Gasteiger charge is 2.45. The van der Waals surface area contributed by atoms with Crippen LogP contribution in [0.2, 0.25) is 0 Å². The molecule has 0 aliphatic carbocycles. The molecule has 0 aromatic carbocycles. The van der Waals surface area contributed by atoms with Crippen molar-refractivity contribution in [2.45, 2.75) is 18.4 Å². The second kappa shape index (κ2) is 6.26. The van der Waals surface area contributed by atoms with E-state index >= 15 is 0 Å². The molecule has 3 heterocycles. The molecule has 0 spiro atoms. The van der Waals surface area contributed by atoms with Crippen molar-refractivity contribution < 1.29 is 9.59 Å². The van der Waals surface area contributed by atoms with E-state index in [-0.39, 0.29) is 24.1 Å². The number of nitrogens with one attached hydrogen (secondary N) is 2. The minimum atomic E-state index is -0.965. The number of carbonyl (C=O) groups is 2. The van der Waals surface area contributed by atoms with E-state index in [1.165, 1.54) is 6.33 Å². The molecule has 2 aromatic heterocycles. The summed E-state index contributed by atoms with van der Waals surface area (Å²) in [5.41, 5.74) is -1.30. The molecule has 0 radical (unpaired) electrons.